The summed E-state index contributed by atoms with van der Waals surface area (Å²) in [7, 11) is 0. The Labute approximate surface area is 129 Å². The second-order valence-electron chi connectivity index (χ2n) is 4.70. The number of carbonyl (C=O) groups is 1. The Bertz CT molecular complexity index is 424. The third-order valence-corrected chi connectivity index (χ3v) is 3.32. The molecule has 0 aromatic heterocycles. The van der Waals surface area contributed by atoms with Crippen molar-refractivity contribution in [2.75, 3.05) is 13.2 Å². The van der Waals surface area contributed by atoms with Crippen LogP contribution < -0.4 is 15.8 Å². The zero-order valence-corrected chi connectivity index (χ0v) is 13.5. The number of hydrogen-bond donors (Lipinski definition) is 2. The number of rotatable bonds is 10. The van der Waals surface area contributed by atoms with Crippen LogP contribution in [-0.2, 0) is 11.3 Å². The van der Waals surface area contributed by atoms with Gasteiger partial charge in [-0.25, -0.2) is 0 Å². The van der Waals surface area contributed by atoms with E-state index in [0.29, 0.717) is 6.42 Å². The Hall–Kier alpha value is -1.07. The van der Waals surface area contributed by atoms with Crippen LogP contribution in [0.25, 0.3) is 0 Å². The van der Waals surface area contributed by atoms with Crippen LogP contribution in [0.5, 0.6) is 5.75 Å². The van der Waals surface area contributed by atoms with Gasteiger partial charge in [0.05, 0.1) is 6.61 Å². The van der Waals surface area contributed by atoms with E-state index in [9.17, 15) is 4.79 Å². The molecule has 1 amide bonds. The third kappa shape index (κ3) is 6.91. The van der Waals surface area contributed by atoms with Crippen molar-refractivity contribution in [3.05, 3.63) is 28.2 Å². The van der Waals surface area contributed by atoms with Gasteiger partial charge in [-0.05, 0) is 44.0 Å². The molecule has 0 aliphatic heterocycles. The number of hydrogen-bond acceptors (Lipinski definition) is 3. The van der Waals surface area contributed by atoms with Crippen LogP contribution in [0, 0.1) is 0 Å². The lowest BCUT2D eigenvalue weighted by atomic mass is 10.2. The van der Waals surface area contributed by atoms with Crippen molar-refractivity contribution >= 4 is 21.8 Å². The average Bonchev–Trinajstić information content (AvgIpc) is 2.41. The highest BCUT2D eigenvalue weighted by atomic mass is 79.9. The number of nitrogens with one attached hydrogen (secondary N) is 1. The molecule has 4 nitrogen and oxygen atoms in total. The molecule has 3 N–H and O–H groups in total. The van der Waals surface area contributed by atoms with Crippen LogP contribution in [0.4, 0.5) is 0 Å². The molecule has 0 saturated carbocycles. The zero-order valence-electron chi connectivity index (χ0n) is 12.0. The van der Waals surface area contributed by atoms with Crippen LogP contribution in [-0.4, -0.2) is 19.1 Å². The summed E-state index contributed by atoms with van der Waals surface area (Å²) in [5.74, 6) is 0.701. The molecule has 0 aliphatic carbocycles. The Morgan fingerprint density at radius 1 is 1.40 bits per heavy atom. The van der Waals surface area contributed by atoms with Gasteiger partial charge < -0.3 is 15.8 Å². The molecule has 0 heterocycles. The fourth-order valence-electron chi connectivity index (χ4n) is 1.81. The molecule has 20 heavy (non-hydrogen) atoms. The Balaban J connectivity index is 2.37. The summed E-state index contributed by atoms with van der Waals surface area (Å²) in [5, 5.41) is 3.37. The summed E-state index contributed by atoms with van der Waals surface area (Å²) in [6, 6.07) is 6.05. The van der Waals surface area contributed by atoms with Crippen molar-refractivity contribution in [2.45, 2.75) is 39.2 Å². The largest absolute Gasteiger partial charge is 0.493 e. The summed E-state index contributed by atoms with van der Waals surface area (Å²) in [6.45, 7) is 4.45. The number of nitrogens with two attached hydrogens (primary N) is 1. The molecule has 0 bridgehead atoms. The van der Waals surface area contributed by atoms with Crippen molar-refractivity contribution in [1.82, 2.24) is 5.32 Å². The van der Waals surface area contributed by atoms with Crippen LogP contribution in [0.1, 0.15) is 38.2 Å². The summed E-state index contributed by atoms with van der Waals surface area (Å²) >= 11 is 3.48. The molecule has 0 aliphatic rings. The maximum absolute atomic E-state index is 10.6. The van der Waals surface area contributed by atoms with E-state index in [0.717, 1.165) is 54.7 Å². The van der Waals surface area contributed by atoms with Crippen LogP contribution in [0.3, 0.4) is 0 Å². The fraction of sp³-hybridized carbons (Fsp3) is 0.533. The monoisotopic (exact) mass is 342 g/mol. The minimum Gasteiger partial charge on any atom is -0.493 e. The summed E-state index contributed by atoms with van der Waals surface area (Å²) in [4.78, 5) is 10.6. The van der Waals surface area contributed by atoms with Crippen LogP contribution in [0.15, 0.2) is 22.7 Å². The van der Waals surface area contributed by atoms with Gasteiger partial charge in [0.25, 0.3) is 0 Å². The molecule has 1 rings (SSSR count). The van der Waals surface area contributed by atoms with E-state index in [-0.39, 0.29) is 5.91 Å². The summed E-state index contributed by atoms with van der Waals surface area (Å²) in [6.07, 6.45) is 3.24. The quantitative estimate of drug-likeness (QED) is 0.642. The van der Waals surface area contributed by atoms with Crippen molar-refractivity contribution < 1.29 is 9.53 Å². The van der Waals surface area contributed by atoms with Gasteiger partial charge in [-0.3, -0.25) is 4.79 Å². The molecule has 1 aromatic carbocycles. The first-order chi connectivity index (χ1) is 9.63. The SMILES string of the molecule is CCCOc1ccc(Br)cc1CNCCCCC(N)=O. The molecule has 0 spiro atoms. The lowest BCUT2D eigenvalue weighted by Gasteiger charge is -2.12. The van der Waals surface area contributed by atoms with Gasteiger partial charge in [-0.2, -0.15) is 0 Å². The molecule has 5 heteroatoms. The number of amides is 1. The van der Waals surface area contributed by atoms with Gasteiger partial charge >= 0.3 is 0 Å². The van der Waals surface area contributed by atoms with E-state index >= 15 is 0 Å². The lowest BCUT2D eigenvalue weighted by Crippen LogP contribution is -2.17. The van der Waals surface area contributed by atoms with Crippen molar-refractivity contribution in [3.8, 4) is 5.75 Å². The van der Waals surface area contributed by atoms with Gasteiger partial charge in [0, 0.05) is 23.0 Å². The Morgan fingerprint density at radius 2 is 2.20 bits per heavy atom. The average molecular weight is 343 g/mol. The predicted molar refractivity (Wildman–Crippen MR) is 84.7 cm³/mol. The number of primary amides is 1. The summed E-state index contributed by atoms with van der Waals surface area (Å²) < 4.78 is 6.78. The maximum Gasteiger partial charge on any atom is 0.217 e. The molecule has 0 radical (unpaired) electrons. The first kappa shape index (κ1) is 17.0. The number of benzene rings is 1. The first-order valence-corrected chi connectivity index (χ1v) is 7.83. The van der Waals surface area contributed by atoms with Gasteiger partial charge in [-0.15, -0.1) is 0 Å². The maximum atomic E-state index is 10.6. The second kappa shape index (κ2) is 9.77. The van der Waals surface area contributed by atoms with E-state index in [2.05, 4.69) is 34.2 Å². The highest BCUT2D eigenvalue weighted by Crippen LogP contribution is 2.23. The van der Waals surface area contributed by atoms with Gasteiger partial charge in [-0.1, -0.05) is 22.9 Å². The highest BCUT2D eigenvalue weighted by molar-refractivity contribution is 9.10. The number of halogens is 1. The van der Waals surface area contributed by atoms with Crippen molar-refractivity contribution in [2.24, 2.45) is 5.73 Å². The first-order valence-electron chi connectivity index (χ1n) is 7.03. The van der Waals surface area contributed by atoms with Gasteiger partial charge in [0.15, 0.2) is 0 Å². The molecular weight excluding hydrogens is 320 g/mol. The molecular formula is C15H23BrN2O2. The minimum absolute atomic E-state index is 0.229. The van der Waals surface area contributed by atoms with Gasteiger partial charge in [0.2, 0.25) is 5.91 Å². The lowest BCUT2D eigenvalue weighted by molar-refractivity contribution is -0.118. The highest BCUT2D eigenvalue weighted by Gasteiger charge is 2.04. The Morgan fingerprint density at radius 3 is 2.90 bits per heavy atom. The normalized spacial score (nSPS) is 10.5. The van der Waals surface area contributed by atoms with Crippen molar-refractivity contribution in [3.63, 3.8) is 0 Å². The van der Waals surface area contributed by atoms with Crippen LogP contribution >= 0.6 is 15.9 Å². The molecule has 0 unspecified atom stereocenters. The fourth-order valence-corrected chi connectivity index (χ4v) is 2.22. The van der Waals surface area contributed by atoms with E-state index in [1.165, 1.54) is 0 Å². The summed E-state index contributed by atoms with van der Waals surface area (Å²) in [5.41, 5.74) is 6.24. The predicted octanol–water partition coefficient (Wildman–Crippen LogP) is 2.98. The smallest absolute Gasteiger partial charge is 0.217 e. The van der Waals surface area contributed by atoms with E-state index in [1.54, 1.807) is 0 Å². The number of unbranched alkanes of at least 4 members (excludes halogenated alkanes) is 1. The molecule has 112 valence electrons. The molecule has 0 saturated heterocycles. The second-order valence-corrected chi connectivity index (χ2v) is 5.62. The zero-order chi connectivity index (χ0) is 14.8. The molecule has 1 aromatic rings. The van der Waals surface area contributed by atoms with E-state index < -0.39 is 0 Å². The standard InChI is InChI=1S/C15H23BrN2O2/c1-2-9-20-14-7-6-13(16)10-12(14)11-18-8-4-3-5-15(17)19/h6-7,10,18H,2-5,8-9,11H2,1H3,(H2,17,19). The van der Waals surface area contributed by atoms with Crippen molar-refractivity contribution in [1.29, 1.82) is 0 Å². The van der Waals surface area contributed by atoms with Gasteiger partial charge in [0.1, 0.15) is 5.75 Å². The minimum atomic E-state index is -0.229. The number of ether oxygens (including phenoxy) is 1. The molecule has 0 fully saturated rings. The Kier molecular flexibility index (Phi) is 8.30. The topological polar surface area (TPSA) is 64.3 Å². The number of carbonyl (C=O) groups excluding carboxylic acids is 1. The van der Waals surface area contributed by atoms with E-state index in [4.69, 9.17) is 10.5 Å². The molecule has 0 atom stereocenters. The van der Waals surface area contributed by atoms with E-state index in [1.807, 2.05) is 12.1 Å². The van der Waals surface area contributed by atoms with Crippen LogP contribution in [0.2, 0.25) is 0 Å². The third-order valence-electron chi connectivity index (χ3n) is 2.83.